The lowest BCUT2D eigenvalue weighted by Gasteiger charge is -2.17. The van der Waals surface area contributed by atoms with Gasteiger partial charge in [-0.25, -0.2) is 4.98 Å². The topological polar surface area (TPSA) is 92.8 Å². The predicted octanol–water partition coefficient (Wildman–Crippen LogP) is 6.63. The standard InChI is InChI=1S/C31H32N4O4S.ClH/c1-3-35(4-2)16-7-17-38-23-13-10-21(11-14-23)31-33-20-24(40-31)19-32-29(36)22-12-15-28-26(18-22)34-30(37)25-8-5-6-9-27(25)39-28;/h5-6,8-15,18,20H,3-4,7,16-17,19H2,1-2H3,(H,32,36)(H,34,37);1H. The quantitative estimate of drug-likeness (QED) is 0.190. The predicted molar refractivity (Wildman–Crippen MR) is 165 cm³/mol. The number of aromatic nitrogens is 1. The Balaban J connectivity index is 0.00000387. The van der Waals surface area contributed by atoms with Crippen LogP contribution in [0, 0.1) is 0 Å². The highest BCUT2D eigenvalue weighted by molar-refractivity contribution is 7.15. The molecule has 0 radical (unpaired) electrons. The van der Waals surface area contributed by atoms with Crippen molar-refractivity contribution < 1.29 is 19.1 Å². The summed E-state index contributed by atoms with van der Waals surface area (Å²) in [7, 11) is 0. The second-order valence-corrected chi connectivity index (χ2v) is 10.4. The van der Waals surface area contributed by atoms with E-state index in [2.05, 4.69) is 34.4 Å². The number of nitrogens with one attached hydrogen (secondary N) is 2. The van der Waals surface area contributed by atoms with Crippen LogP contribution in [0.25, 0.3) is 10.6 Å². The van der Waals surface area contributed by atoms with Crippen LogP contribution in [-0.4, -0.2) is 47.9 Å². The minimum Gasteiger partial charge on any atom is -0.494 e. The Labute approximate surface area is 250 Å². The Kier molecular flexibility index (Phi) is 10.3. The number of hydrogen-bond acceptors (Lipinski definition) is 7. The van der Waals surface area contributed by atoms with Gasteiger partial charge in [0.2, 0.25) is 0 Å². The van der Waals surface area contributed by atoms with Gasteiger partial charge in [-0.2, -0.15) is 0 Å². The maximum atomic E-state index is 12.9. The minimum atomic E-state index is -0.279. The van der Waals surface area contributed by atoms with E-state index in [0.717, 1.165) is 47.3 Å². The maximum absolute atomic E-state index is 12.9. The molecule has 1 aromatic heterocycles. The van der Waals surface area contributed by atoms with Gasteiger partial charge >= 0.3 is 0 Å². The van der Waals surface area contributed by atoms with Crippen molar-refractivity contribution in [3.8, 4) is 27.8 Å². The van der Waals surface area contributed by atoms with Gasteiger partial charge in [-0.1, -0.05) is 26.0 Å². The summed E-state index contributed by atoms with van der Waals surface area (Å²) in [5, 5.41) is 6.65. The van der Waals surface area contributed by atoms with Gasteiger partial charge in [-0.3, -0.25) is 9.59 Å². The summed E-state index contributed by atoms with van der Waals surface area (Å²) in [6, 6.07) is 20.0. The van der Waals surface area contributed by atoms with E-state index in [1.807, 2.05) is 30.3 Å². The Bertz CT molecular complexity index is 1490. The number of carbonyl (C=O) groups excluding carboxylic acids is 2. The number of benzene rings is 3. The number of ether oxygens (including phenoxy) is 2. The van der Waals surface area contributed by atoms with Crippen LogP contribution in [0.5, 0.6) is 17.2 Å². The highest BCUT2D eigenvalue weighted by atomic mass is 35.5. The number of para-hydroxylation sites is 1. The highest BCUT2D eigenvalue weighted by Gasteiger charge is 2.21. The minimum absolute atomic E-state index is 0. The van der Waals surface area contributed by atoms with E-state index >= 15 is 0 Å². The Hall–Kier alpha value is -3.92. The van der Waals surface area contributed by atoms with Gasteiger partial charge in [0.15, 0.2) is 5.75 Å². The number of amides is 2. The van der Waals surface area contributed by atoms with Crippen molar-refractivity contribution in [2.45, 2.75) is 26.8 Å². The third-order valence-corrected chi connectivity index (χ3v) is 7.75. The molecule has 0 spiro atoms. The molecule has 2 heterocycles. The first-order valence-electron chi connectivity index (χ1n) is 13.4. The van der Waals surface area contributed by atoms with Crippen LogP contribution in [0.1, 0.15) is 45.9 Å². The third-order valence-electron chi connectivity index (χ3n) is 6.70. The van der Waals surface area contributed by atoms with E-state index in [-0.39, 0.29) is 24.2 Å². The number of anilines is 1. The summed E-state index contributed by atoms with van der Waals surface area (Å²) in [4.78, 5) is 33.3. The summed E-state index contributed by atoms with van der Waals surface area (Å²) in [5.74, 6) is 1.27. The molecule has 0 fully saturated rings. The number of rotatable bonds is 11. The van der Waals surface area contributed by atoms with E-state index < -0.39 is 0 Å². The first-order valence-corrected chi connectivity index (χ1v) is 14.3. The lowest BCUT2D eigenvalue weighted by atomic mass is 10.1. The van der Waals surface area contributed by atoms with Crippen LogP contribution in [-0.2, 0) is 6.54 Å². The van der Waals surface area contributed by atoms with Gasteiger partial charge in [0.25, 0.3) is 11.8 Å². The Morgan fingerprint density at radius 3 is 2.61 bits per heavy atom. The molecule has 5 rings (SSSR count). The molecule has 2 amide bonds. The van der Waals surface area contributed by atoms with Crippen molar-refractivity contribution in [3.05, 3.63) is 88.9 Å². The summed E-state index contributed by atoms with van der Waals surface area (Å²) in [6.07, 6.45) is 2.77. The molecule has 1 aliphatic rings. The molecular formula is C31H33ClN4O4S. The molecule has 0 saturated carbocycles. The second-order valence-electron chi connectivity index (χ2n) is 9.33. The molecule has 0 aliphatic carbocycles. The average Bonchev–Trinajstić information content (AvgIpc) is 3.41. The number of fused-ring (bicyclic) bond motifs is 2. The largest absolute Gasteiger partial charge is 0.494 e. The molecule has 10 heteroatoms. The van der Waals surface area contributed by atoms with Crippen molar-refractivity contribution in [2.24, 2.45) is 0 Å². The van der Waals surface area contributed by atoms with Gasteiger partial charge in [0, 0.05) is 28.7 Å². The molecule has 0 unspecified atom stereocenters. The number of halogens is 1. The summed E-state index contributed by atoms with van der Waals surface area (Å²) < 4.78 is 11.8. The van der Waals surface area contributed by atoms with Crippen LogP contribution in [0.3, 0.4) is 0 Å². The van der Waals surface area contributed by atoms with Gasteiger partial charge in [-0.15, -0.1) is 23.7 Å². The number of hydrogen-bond donors (Lipinski definition) is 2. The fraction of sp³-hybridized carbons (Fsp3) is 0.258. The van der Waals surface area contributed by atoms with Gasteiger partial charge < -0.3 is 25.0 Å². The van der Waals surface area contributed by atoms with Crippen LogP contribution in [0.15, 0.2) is 72.9 Å². The molecule has 0 atom stereocenters. The molecule has 0 saturated heterocycles. The smallest absolute Gasteiger partial charge is 0.259 e. The normalized spacial score (nSPS) is 11.8. The fourth-order valence-electron chi connectivity index (χ4n) is 4.41. The zero-order chi connectivity index (χ0) is 27.9. The van der Waals surface area contributed by atoms with E-state index in [0.29, 0.717) is 41.5 Å². The van der Waals surface area contributed by atoms with Crippen LogP contribution in [0.4, 0.5) is 5.69 Å². The summed E-state index contributed by atoms with van der Waals surface area (Å²) >= 11 is 1.53. The molecule has 0 bridgehead atoms. The van der Waals surface area contributed by atoms with Crippen molar-refractivity contribution in [1.29, 1.82) is 0 Å². The van der Waals surface area contributed by atoms with Gasteiger partial charge in [0.1, 0.15) is 16.5 Å². The van der Waals surface area contributed by atoms with E-state index in [9.17, 15) is 9.59 Å². The van der Waals surface area contributed by atoms with Crippen molar-refractivity contribution in [1.82, 2.24) is 15.2 Å². The first-order chi connectivity index (χ1) is 19.5. The van der Waals surface area contributed by atoms with E-state index in [1.54, 1.807) is 42.6 Å². The van der Waals surface area contributed by atoms with Gasteiger partial charge in [0.05, 0.1) is 24.4 Å². The van der Waals surface area contributed by atoms with Crippen LogP contribution >= 0.6 is 23.7 Å². The fourth-order valence-corrected chi connectivity index (χ4v) is 5.27. The number of carbonyl (C=O) groups is 2. The zero-order valence-corrected chi connectivity index (χ0v) is 24.6. The zero-order valence-electron chi connectivity index (χ0n) is 23.0. The summed E-state index contributed by atoms with van der Waals surface area (Å²) in [6.45, 7) is 8.54. The highest BCUT2D eigenvalue weighted by Crippen LogP contribution is 2.36. The molecular weight excluding hydrogens is 560 g/mol. The van der Waals surface area contributed by atoms with Crippen LogP contribution in [0.2, 0.25) is 0 Å². The number of thiazole rings is 1. The molecule has 3 aromatic carbocycles. The van der Waals surface area contributed by atoms with Crippen molar-refractivity contribution >= 4 is 41.2 Å². The molecule has 8 nitrogen and oxygen atoms in total. The van der Waals surface area contributed by atoms with Crippen LogP contribution < -0.4 is 20.1 Å². The lowest BCUT2D eigenvalue weighted by Crippen LogP contribution is -2.25. The first kappa shape index (κ1) is 30.0. The van der Waals surface area contributed by atoms with E-state index in [4.69, 9.17) is 9.47 Å². The average molecular weight is 593 g/mol. The summed E-state index contributed by atoms with van der Waals surface area (Å²) in [5.41, 5.74) is 2.32. The molecule has 4 aromatic rings. The van der Waals surface area contributed by atoms with E-state index in [1.165, 1.54) is 11.3 Å². The Morgan fingerprint density at radius 1 is 1.05 bits per heavy atom. The molecule has 41 heavy (non-hydrogen) atoms. The second kappa shape index (κ2) is 14.1. The molecule has 2 N–H and O–H groups in total. The van der Waals surface area contributed by atoms with Crippen molar-refractivity contribution in [3.63, 3.8) is 0 Å². The van der Waals surface area contributed by atoms with Crippen molar-refractivity contribution in [2.75, 3.05) is 31.6 Å². The number of nitrogens with zero attached hydrogens (tertiary/aromatic N) is 2. The SMILES string of the molecule is CCN(CC)CCCOc1ccc(-c2ncc(CNC(=O)c3ccc4c(c3)NC(=O)c3ccccc3O4)s2)cc1.Cl. The maximum Gasteiger partial charge on any atom is 0.259 e. The van der Waals surface area contributed by atoms with Gasteiger partial charge in [-0.05, 0) is 74.1 Å². The molecule has 1 aliphatic heterocycles. The lowest BCUT2D eigenvalue weighted by molar-refractivity contribution is 0.0950. The molecule has 214 valence electrons. The third kappa shape index (κ3) is 7.43. The Morgan fingerprint density at radius 2 is 1.83 bits per heavy atom. The monoisotopic (exact) mass is 592 g/mol.